The molecule has 1 fully saturated rings. The Morgan fingerprint density at radius 3 is 2.47 bits per heavy atom. The van der Waals surface area contributed by atoms with Crippen molar-refractivity contribution < 1.29 is 9.53 Å². The van der Waals surface area contributed by atoms with Gasteiger partial charge in [0.25, 0.3) is 0 Å². The molecule has 3 aromatic heterocycles. The van der Waals surface area contributed by atoms with Gasteiger partial charge in [-0.1, -0.05) is 6.92 Å². The van der Waals surface area contributed by atoms with Gasteiger partial charge in [0.1, 0.15) is 24.0 Å². The molecule has 170 valence electrons. The average molecular weight is 439 g/mol. The third-order valence-corrected chi connectivity index (χ3v) is 5.64. The molecule has 1 aliphatic rings. The largest absolute Gasteiger partial charge is 0.372 e. The normalized spacial score (nSPS) is 19.8. The summed E-state index contributed by atoms with van der Waals surface area (Å²) in [7, 11) is 0. The topological polar surface area (TPSA) is 111 Å². The molecule has 3 aromatic rings. The Kier molecular flexibility index (Phi) is 6.31. The summed E-state index contributed by atoms with van der Waals surface area (Å²) in [4.78, 5) is 37.4. The number of morpholine rings is 1. The van der Waals surface area contributed by atoms with Crippen LogP contribution in [0.5, 0.6) is 0 Å². The Morgan fingerprint density at radius 1 is 1.16 bits per heavy atom. The van der Waals surface area contributed by atoms with Crippen LogP contribution in [0.1, 0.15) is 39.9 Å². The van der Waals surface area contributed by atoms with Crippen LogP contribution in [0.4, 0.5) is 5.82 Å². The number of ether oxygens (including phenoxy) is 1. The van der Waals surface area contributed by atoms with Crippen LogP contribution in [-0.4, -0.2) is 71.6 Å². The summed E-state index contributed by atoms with van der Waals surface area (Å²) in [5, 5.41) is 3.33. The van der Waals surface area contributed by atoms with Gasteiger partial charge in [0.2, 0.25) is 5.91 Å². The van der Waals surface area contributed by atoms with Gasteiger partial charge in [-0.3, -0.25) is 4.79 Å². The van der Waals surface area contributed by atoms with Crippen LogP contribution in [0.15, 0.2) is 18.7 Å². The highest BCUT2D eigenvalue weighted by Crippen LogP contribution is 2.27. The molecule has 0 bridgehead atoms. The van der Waals surface area contributed by atoms with Crippen molar-refractivity contribution in [3.05, 3.63) is 24.5 Å². The number of hydrogen-bond acceptors (Lipinski definition) is 8. The Bertz CT molecular complexity index is 1090. The van der Waals surface area contributed by atoms with Crippen molar-refractivity contribution in [1.82, 2.24) is 34.4 Å². The number of carbonyl (C=O) groups is 1. The first-order chi connectivity index (χ1) is 15.4. The number of rotatable bonds is 6. The van der Waals surface area contributed by atoms with Gasteiger partial charge in [-0.2, -0.15) is 0 Å². The Morgan fingerprint density at radius 2 is 1.84 bits per heavy atom. The van der Waals surface area contributed by atoms with Crippen LogP contribution in [0, 0.1) is 6.92 Å². The summed E-state index contributed by atoms with van der Waals surface area (Å²) in [6.07, 6.45) is 5.68. The molecule has 10 heteroatoms. The Labute approximate surface area is 187 Å². The van der Waals surface area contributed by atoms with Gasteiger partial charge in [-0.15, -0.1) is 0 Å². The molecule has 1 saturated heterocycles. The minimum absolute atomic E-state index is 0.0190. The molecule has 3 atom stereocenters. The number of aryl methyl sites for hydroxylation is 2. The fourth-order valence-corrected chi connectivity index (χ4v) is 4.15. The fourth-order valence-electron chi connectivity index (χ4n) is 4.15. The van der Waals surface area contributed by atoms with Crippen molar-refractivity contribution in [2.24, 2.45) is 0 Å². The molecule has 1 aliphatic heterocycles. The van der Waals surface area contributed by atoms with Crippen LogP contribution in [-0.2, 0) is 16.1 Å². The van der Waals surface area contributed by atoms with E-state index in [1.165, 1.54) is 6.33 Å². The molecule has 0 aliphatic carbocycles. The van der Waals surface area contributed by atoms with Crippen molar-refractivity contribution >= 4 is 22.9 Å². The second kappa shape index (κ2) is 9.15. The van der Waals surface area contributed by atoms with Crippen LogP contribution in [0.3, 0.4) is 0 Å². The zero-order chi connectivity index (χ0) is 22.8. The molecule has 32 heavy (non-hydrogen) atoms. The number of nitrogens with zero attached hydrogens (tertiary/aromatic N) is 7. The summed E-state index contributed by atoms with van der Waals surface area (Å²) >= 11 is 0. The van der Waals surface area contributed by atoms with E-state index in [1.54, 1.807) is 12.4 Å². The molecule has 0 saturated carbocycles. The number of fused-ring (bicyclic) bond motifs is 1. The summed E-state index contributed by atoms with van der Waals surface area (Å²) in [6, 6.07) is -0.413. The molecule has 1 amide bonds. The lowest BCUT2D eigenvalue weighted by Crippen LogP contribution is -2.52. The number of amides is 1. The molecule has 4 heterocycles. The summed E-state index contributed by atoms with van der Waals surface area (Å²) in [5.74, 6) is 2.02. The standard InChI is InChI=1S/C22H30N8O2/c1-6-17(22(31)29-10-13(3)32-14(4)11-29)27-19-18-21(26-12-25-19)30(7-2)20(28-18)16-8-23-15(5)24-9-16/h8-9,12-14,17H,6-7,10-11H2,1-5H3,(H,25,26,27)/t13-,14+,17-/m0/s1. The maximum atomic E-state index is 13.3. The summed E-state index contributed by atoms with van der Waals surface area (Å²) in [5.41, 5.74) is 2.14. The first-order valence-electron chi connectivity index (χ1n) is 11.1. The van der Waals surface area contributed by atoms with Crippen LogP contribution in [0.25, 0.3) is 22.6 Å². The van der Waals surface area contributed by atoms with E-state index in [2.05, 4.69) is 25.3 Å². The van der Waals surface area contributed by atoms with Crippen LogP contribution >= 0.6 is 0 Å². The van der Waals surface area contributed by atoms with Crippen LogP contribution < -0.4 is 5.32 Å². The number of anilines is 1. The predicted octanol–water partition coefficient (Wildman–Crippen LogP) is 2.44. The molecular weight excluding hydrogens is 408 g/mol. The van der Waals surface area contributed by atoms with Gasteiger partial charge in [0.05, 0.1) is 17.8 Å². The van der Waals surface area contributed by atoms with Crippen LogP contribution in [0.2, 0.25) is 0 Å². The second-order valence-electron chi connectivity index (χ2n) is 8.20. The lowest BCUT2D eigenvalue weighted by atomic mass is 10.1. The highest BCUT2D eigenvalue weighted by Gasteiger charge is 2.30. The minimum atomic E-state index is -0.413. The van der Waals surface area contributed by atoms with Gasteiger partial charge >= 0.3 is 0 Å². The van der Waals surface area contributed by atoms with E-state index in [9.17, 15) is 4.79 Å². The maximum absolute atomic E-state index is 13.3. The van der Waals surface area contributed by atoms with Gasteiger partial charge in [0.15, 0.2) is 17.0 Å². The molecule has 10 nitrogen and oxygen atoms in total. The first kappa shape index (κ1) is 22.1. The van der Waals surface area contributed by atoms with Crippen molar-refractivity contribution in [3.8, 4) is 11.4 Å². The van der Waals surface area contributed by atoms with E-state index in [0.29, 0.717) is 48.9 Å². The quantitative estimate of drug-likeness (QED) is 0.625. The van der Waals surface area contributed by atoms with Crippen molar-refractivity contribution in [3.63, 3.8) is 0 Å². The Hall–Kier alpha value is -3.14. The smallest absolute Gasteiger partial charge is 0.245 e. The lowest BCUT2D eigenvalue weighted by molar-refractivity contribution is -0.144. The predicted molar refractivity (Wildman–Crippen MR) is 121 cm³/mol. The summed E-state index contributed by atoms with van der Waals surface area (Å²) in [6.45, 7) is 11.7. The minimum Gasteiger partial charge on any atom is -0.372 e. The van der Waals surface area contributed by atoms with Crippen molar-refractivity contribution in [2.75, 3.05) is 18.4 Å². The molecular formula is C22H30N8O2. The van der Waals surface area contributed by atoms with Gasteiger partial charge in [-0.05, 0) is 34.1 Å². The van der Waals surface area contributed by atoms with E-state index >= 15 is 0 Å². The third-order valence-electron chi connectivity index (χ3n) is 5.64. The molecule has 0 aromatic carbocycles. The van der Waals surface area contributed by atoms with Crippen molar-refractivity contribution in [1.29, 1.82) is 0 Å². The van der Waals surface area contributed by atoms with E-state index in [4.69, 9.17) is 9.72 Å². The highest BCUT2D eigenvalue weighted by atomic mass is 16.5. The first-order valence-corrected chi connectivity index (χ1v) is 11.1. The van der Waals surface area contributed by atoms with E-state index < -0.39 is 6.04 Å². The summed E-state index contributed by atoms with van der Waals surface area (Å²) < 4.78 is 7.78. The maximum Gasteiger partial charge on any atom is 0.245 e. The molecule has 0 spiro atoms. The number of carbonyl (C=O) groups excluding carboxylic acids is 1. The van der Waals surface area contributed by atoms with E-state index in [1.807, 2.05) is 44.1 Å². The fraction of sp³-hybridized carbons (Fsp3) is 0.545. The zero-order valence-corrected chi connectivity index (χ0v) is 19.2. The van der Waals surface area contributed by atoms with Gasteiger partial charge in [0, 0.05) is 32.0 Å². The molecule has 0 unspecified atom stereocenters. The highest BCUT2D eigenvalue weighted by molar-refractivity contribution is 5.90. The van der Waals surface area contributed by atoms with E-state index in [0.717, 1.165) is 11.4 Å². The molecule has 4 rings (SSSR count). The van der Waals surface area contributed by atoms with E-state index in [-0.39, 0.29) is 18.1 Å². The SMILES string of the molecule is CC[C@H](Nc1ncnc2c1nc(-c1cnc(C)nc1)n2CC)C(=O)N1C[C@@H](C)O[C@@H](C)C1. The Balaban J connectivity index is 1.66. The van der Waals surface area contributed by atoms with Crippen molar-refractivity contribution in [2.45, 2.75) is 65.8 Å². The van der Waals surface area contributed by atoms with Gasteiger partial charge in [-0.25, -0.2) is 24.9 Å². The number of imidazole rings is 1. The number of aromatic nitrogens is 6. The lowest BCUT2D eigenvalue weighted by Gasteiger charge is -2.37. The average Bonchev–Trinajstić information content (AvgIpc) is 3.16. The number of hydrogen-bond donors (Lipinski definition) is 1. The zero-order valence-electron chi connectivity index (χ0n) is 19.2. The second-order valence-corrected chi connectivity index (χ2v) is 8.20. The molecule has 1 N–H and O–H groups in total. The third kappa shape index (κ3) is 4.27. The van der Waals surface area contributed by atoms with Gasteiger partial charge < -0.3 is 19.5 Å². The number of nitrogens with one attached hydrogen (secondary N) is 1. The molecule has 0 radical (unpaired) electrons. The monoisotopic (exact) mass is 438 g/mol.